The number of benzene rings is 1. The Morgan fingerprint density at radius 3 is 2.48 bits per heavy atom. The Bertz CT molecular complexity index is 572. The van der Waals surface area contributed by atoms with Crippen LogP contribution >= 0.6 is 0 Å². The van der Waals surface area contributed by atoms with Gasteiger partial charge in [0.2, 0.25) is 5.89 Å². The largest absolute Gasteiger partial charge is 0.339 e. The SMILES string of the molecule is CC(C)(C)CC(CN)c1nc(Cc2ccc(F)cc2)no1. The van der Waals surface area contributed by atoms with E-state index in [-0.39, 0.29) is 17.2 Å². The molecule has 0 aliphatic rings. The van der Waals surface area contributed by atoms with Crippen molar-refractivity contribution in [2.75, 3.05) is 6.54 Å². The van der Waals surface area contributed by atoms with Gasteiger partial charge < -0.3 is 10.3 Å². The molecule has 1 unspecified atom stereocenters. The molecule has 1 heterocycles. The van der Waals surface area contributed by atoms with Crippen molar-refractivity contribution in [1.82, 2.24) is 10.1 Å². The number of nitrogens with zero attached hydrogens (tertiary/aromatic N) is 2. The third-order valence-electron chi connectivity index (χ3n) is 3.25. The van der Waals surface area contributed by atoms with Crippen LogP contribution in [0.15, 0.2) is 28.8 Å². The van der Waals surface area contributed by atoms with Crippen molar-refractivity contribution >= 4 is 0 Å². The minimum Gasteiger partial charge on any atom is -0.339 e. The number of halogens is 1. The van der Waals surface area contributed by atoms with Gasteiger partial charge in [-0.2, -0.15) is 4.98 Å². The molecule has 0 bridgehead atoms. The van der Waals surface area contributed by atoms with E-state index >= 15 is 0 Å². The molecule has 2 rings (SSSR count). The molecule has 114 valence electrons. The first kappa shape index (κ1) is 15.6. The van der Waals surface area contributed by atoms with Crippen LogP contribution in [0.1, 0.15) is 50.4 Å². The Hall–Kier alpha value is -1.75. The average molecular weight is 291 g/mol. The van der Waals surface area contributed by atoms with Crippen molar-refractivity contribution in [3.05, 3.63) is 47.4 Å². The summed E-state index contributed by atoms with van der Waals surface area (Å²) in [5.74, 6) is 1.01. The van der Waals surface area contributed by atoms with Crippen molar-refractivity contribution in [3.63, 3.8) is 0 Å². The maximum atomic E-state index is 12.9. The molecule has 4 nitrogen and oxygen atoms in total. The monoisotopic (exact) mass is 291 g/mol. The van der Waals surface area contributed by atoms with Gasteiger partial charge in [-0.3, -0.25) is 0 Å². The first-order chi connectivity index (χ1) is 9.87. The smallest absolute Gasteiger partial charge is 0.231 e. The lowest BCUT2D eigenvalue weighted by molar-refractivity contribution is 0.286. The van der Waals surface area contributed by atoms with Gasteiger partial charge in [0.15, 0.2) is 5.82 Å². The Balaban J connectivity index is 2.08. The fraction of sp³-hybridized carbons (Fsp3) is 0.500. The van der Waals surface area contributed by atoms with E-state index in [0.717, 1.165) is 12.0 Å². The molecule has 21 heavy (non-hydrogen) atoms. The summed E-state index contributed by atoms with van der Waals surface area (Å²) in [6, 6.07) is 6.30. The molecule has 0 spiro atoms. The van der Waals surface area contributed by atoms with Crippen LogP contribution in [0.2, 0.25) is 0 Å². The molecule has 0 saturated carbocycles. The van der Waals surface area contributed by atoms with E-state index in [1.807, 2.05) is 0 Å². The molecule has 5 heteroatoms. The van der Waals surface area contributed by atoms with Gasteiger partial charge in [0.1, 0.15) is 5.82 Å². The topological polar surface area (TPSA) is 64.9 Å². The molecule has 1 aromatic carbocycles. The number of hydrogen-bond acceptors (Lipinski definition) is 4. The normalized spacial score (nSPS) is 13.4. The van der Waals surface area contributed by atoms with Gasteiger partial charge in [-0.25, -0.2) is 4.39 Å². The van der Waals surface area contributed by atoms with Gasteiger partial charge in [0.05, 0.1) is 5.92 Å². The lowest BCUT2D eigenvalue weighted by atomic mass is 9.84. The van der Waals surface area contributed by atoms with Crippen molar-refractivity contribution < 1.29 is 8.91 Å². The third-order valence-corrected chi connectivity index (χ3v) is 3.25. The van der Waals surface area contributed by atoms with Crippen molar-refractivity contribution in [1.29, 1.82) is 0 Å². The first-order valence-corrected chi connectivity index (χ1v) is 7.14. The molecule has 2 aromatic rings. The zero-order chi connectivity index (χ0) is 15.5. The van der Waals surface area contributed by atoms with Gasteiger partial charge in [0.25, 0.3) is 0 Å². The van der Waals surface area contributed by atoms with E-state index in [9.17, 15) is 4.39 Å². The summed E-state index contributed by atoms with van der Waals surface area (Å²) in [5, 5.41) is 4.00. The highest BCUT2D eigenvalue weighted by Crippen LogP contribution is 2.29. The number of aromatic nitrogens is 2. The third kappa shape index (κ3) is 4.63. The summed E-state index contributed by atoms with van der Waals surface area (Å²) in [6.07, 6.45) is 1.41. The predicted molar refractivity (Wildman–Crippen MR) is 79.4 cm³/mol. The molecule has 0 saturated heterocycles. The molecular formula is C16H22FN3O. The quantitative estimate of drug-likeness (QED) is 0.918. The van der Waals surface area contributed by atoms with Gasteiger partial charge in [-0.1, -0.05) is 38.1 Å². The molecule has 0 radical (unpaired) electrons. The van der Waals surface area contributed by atoms with Crippen molar-refractivity contribution in [3.8, 4) is 0 Å². The fourth-order valence-electron chi connectivity index (χ4n) is 2.30. The summed E-state index contributed by atoms with van der Waals surface area (Å²) >= 11 is 0. The number of hydrogen-bond donors (Lipinski definition) is 1. The summed E-state index contributed by atoms with van der Waals surface area (Å²) in [5.41, 5.74) is 6.92. The zero-order valence-electron chi connectivity index (χ0n) is 12.8. The zero-order valence-corrected chi connectivity index (χ0v) is 12.8. The standard InChI is InChI=1S/C16H22FN3O/c1-16(2,3)9-12(10-18)15-19-14(20-21-15)8-11-4-6-13(17)7-5-11/h4-7,12H,8-10,18H2,1-3H3. The lowest BCUT2D eigenvalue weighted by Crippen LogP contribution is -2.19. The number of nitrogens with two attached hydrogens (primary N) is 1. The van der Waals surface area contributed by atoms with Crippen LogP contribution in [0.4, 0.5) is 4.39 Å². The summed E-state index contributed by atoms with van der Waals surface area (Å²) in [7, 11) is 0. The lowest BCUT2D eigenvalue weighted by Gasteiger charge is -2.22. The molecular weight excluding hydrogens is 269 g/mol. The highest BCUT2D eigenvalue weighted by Gasteiger charge is 2.24. The molecule has 0 aliphatic heterocycles. The first-order valence-electron chi connectivity index (χ1n) is 7.14. The van der Waals surface area contributed by atoms with Crippen LogP contribution in [-0.2, 0) is 6.42 Å². The minimum atomic E-state index is -0.249. The summed E-state index contributed by atoms with van der Waals surface area (Å²) < 4.78 is 18.2. The molecule has 0 fully saturated rings. The van der Waals surface area contributed by atoms with Crippen LogP contribution in [-0.4, -0.2) is 16.7 Å². The predicted octanol–water partition coefficient (Wildman–Crippen LogP) is 3.28. The van der Waals surface area contributed by atoms with E-state index < -0.39 is 0 Å². The molecule has 0 amide bonds. The average Bonchev–Trinajstić information content (AvgIpc) is 2.86. The van der Waals surface area contributed by atoms with Crippen molar-refractivity contribution in [2.45, 2.75) is 39.5 Å². The maximum absolute atomic E-state index is 12.9. The van der Waals surface area contributed by atoms with Gasteiger partial charge in [-0.15, -0.1) is 0 Å². The van der Waals surface area contributed by atoms with E-state index in [1.54, 1.807) is 12.1 Å². The Labute approximate surface area is 124 Å². The number of rotatable bonds is 5. The van der Waals surface area contributed by atoms with Gasteiger partial charge in [-0.05, 0) is 29.5 Å². The summed E-state index contributed by atoms with van der Waals surface area (Å²) in [4.78, 5) is 4.43. The Morgan fingerprint density at radius 1 is 1.24 bits per heavy atom. The Kier molecular flexibility index (Phi) is 4.73. The second-order valence-electron chi connectivity index (χ2n) is 6.55. The summed E-state index contributed by atoms with van der Waals surface area (Å²) in [6.45, 7) is 6.96. The molecule has 0 aliphatic carbocycles. The van der Waals surface area contributed by atoms with E-state index in [2.05, 4.69) is 30.9 Å². The second-order valence-corrected chi connectivity index (χ2v) is 6.55. The van der Waals surface area contributed by atoms with Crippen LogP contribution in [0.25, 0.3) is 0 Å². The van der Waals surface area contributed by atoms with E-state index in [4.69, 9.17) is 10.3 Å². The molecule has 1 aromatic heterocycles. The van der Waals surface area contributed by atoms with Crippen molar-refractivity contribution in [2.24, 2.45) is 11.1 Å². The second kappa shape index (κ2) is 6.35. The van der Waals surface area contributed by atoms with Crippen LogP contribution in [0.5, 0.6) is 0 Å². The van der Waals surface area contributed by atoms with Crippen LogP contribution in [0, 0.1) is 11.2 Å². The van der Waals surface area contributed by atoms with Crippen LogP contribution < -0.4 is 5.73 Å². The Morgan fingerprint density at radius 2 is 1.90 bits per heavy atom. The minimum absolute atomic E-state index is 0.0690. The van der Waals surface area contributed by atoms with E-state index in [1.165, 1.54) is 12.1 Å². The van der Waals surface area contributed by atoms with Gasteiger partial charge >= 0.3 is 0 Å². The molecule has 2 N–H and O–H groups in total. The van der Waals surface area contributed by atoms with Gasteiger partial charge in [0, 0.05) is 13.0 Å². The van der Waals surface area contributed by atoms with E-state index in [0.29, 0.717) is 24.7 Å². The maximum Gasteiger partial charge on any atom is 0.231 e. The highest BCUT2D eigenvalue weighted by atomic mass is 19.1. The van der Waals surface area contributed by atoms with Crippen LogP contribution in [0.3, 0.4) is 0 Å². The highest BCUT2D eigenvalue weighted by molar-refractivity contribution is 5.19. The fourth-order valence-corrected chi connectivity index (χ4v) is 2.30. The molecule has 1 atom stereocenters.